The van der Waals surface area contributed by atoms with Crippen molar-refractivity contribution in [2.24, 2.45) is 0 Å². The Labute approximate surface area is 119 Å². The minimum atomic E-state index is -0.502. The van der Waals surface area contributed by atoms with Crippen molar-refractivity contribution < 1.29 is 9.47 Å². The monoisotopic (exact) mass is 273 g/mol. The van der Waals surface area contributed by atoms with Gasteiger partial charge in [0.15, 0.2) is 6.29 Å². The number of hydrogen-bond acceptors (Lipinski definition) is 5. The number of likely N-dealkylation sites (tertiary alicyclic amines) is 1. The molecule has 106 valence electrons. The minimum absolute atomic E-state index is 0.145. The highest BCUT2D eigenvalue weighted by Gasteiger charge is 2.39. The molecule has 0 bridgehead atoms. The van der Waals surface area contributed by atoms with E-state index in [4.69, 9.17) is 9.47 Å². The molecule has 5 heteroatoms. The van der Waals surface area contributed by atoms with Crippen LogP contribution in [0.2, 0.25) is 0 Å². The van der Waals surface area contributed by atoms with Gasteiger partial charge >= 0.3 is 0 Å². The van der Waals surface area contributed by atoms with Crippen LogP contribution in [0, 0.1) is 11.3 Å². The molecule has 1 unspecified atom stereocenters. The Morgan fingerprint density at radius 2 is 2.25 bits per heavy atom. The van der Waals surface area contributed by atoms with Gasteiger partial charge in [-0.3, -0.25) is 9.88 Å². The fourth-order valence-corrected chi connectivity index (χ4v) is 3.03. The predicted molar refractivity (Wildman–Crippen MR) is 72.9 cm³/mol. The van der Waals surface area contributed by atoms with Crippen LogP contribution in [0.15, 0.2) is 24.4 Å². The molecule has 0 N–H and O–H groups in total. The second kappa shape index (κ2) is 5.88. The van der Waals surface area contributed by atoms with Crippen molar-refractivity contribution in [1.82, 2.24) is 9.88 Å². The van der Waals surface area contributed by atoms with Crippen LogP contribution in [0.4, 0.5) is 0 Å². The zero-order chi connectivity index (χ0) is 13.8. The maximum atomic E-state index is 9.69. The third-order valence-corrected chi connectivity index (χ3v) is 4.04. The predicted octanol–water partition coefficient (Wildman–Crippen LogP) is 1.31. The van der Waals surface area contributed by atoms with Crippen molar-refractivity contribution in [3.8, 4) is 6.07 Å². The Morgan fingerprint density at radius 1 is 1.40 bits per heavy atom. The molecule has 0 spiro atoms. The largest absolute Gasteiger partial charge is 0.349 e. The maximum absolute atomic E-state index is 9.69. The number of rotatable bonds is 3. The SMILES string of the molecule is N#CC1(c2ccccn2)CCCN(CC2OCCO2)C1. The Hall–Kier alpha value is -1.48. The summed E-state index contributed by atoms with van der Waals surface area (Å²) < 4.78 is 11.0. The Balaban J connectivity index is 1.73. The Morgan fingerprint density at radius 3 is 2.95 bits per heavy atom. The van der Waals surface area contributed by atoms with Gasteiger partial charge in [-0.05, 0) is 31.5 Å². The van der Waals surface area contributed by atoms with Crippen LogP contribution in [-0.2, 0) is 14.9 Å². The van der Waals surface area contributed by atoms with E-state index < -0.39 is 5.41 Å². The summed E-state index contributed by atoms with van der Waals surface area (Å²) in [6.07, 6.45) is 3.48. The minimum Gasteiger partial charge on any atom is -0.349 e. The first-order valence-corrected chi connectivity index (χ1v) is 7.11. The van der Waals surface area contributed by atoms with E-state index in [0.717, 1.165) is 31.6 Å². The first-order chi connectivity index (χ1) is 9.82. The number of nitriles is 1. The van der Waals surface area contributed by atoms with E-state index in [-0.39, 0.29) is 6.29 Å². The lowest BCUT2D eigenvalue weighted by molar-refractivity contribution is -0.0671. The fourth-order valence-electron chi connectivity index (χ4n) is 3.03. The van der Waals surface area contributed by atoms with E-state index in [1.165, 1.54) is 0 Å². The lowest BCUT2D eigenvalue weighted by Crippen LogP contribution is -2.48. The Bertz CT molecular complexity index is 482. The molecule has 5 nitrogen and oxygen atoms in total. The molecule has 2 aliphatic heterocycles. The number of pyridine rings is 1. The molecule has 3 heterocycles. The maximum Gasteiger partial charge on any atom is 0.170 e. The van der Waals surface area contributed by atoms with E-state index in [0.29, 0.717) is 19.8 Å². The van der Waals surface area contributed by atoms with Gasteiger partial charge in [0.25, 0.3) is 0 Å². The summed E-state index contributed by atoms with van der Waals surface area (Å²) in [5.41, 5.74) is 0.374. The van der Waals surface area contributed by atoms with Gasteiger partial charge in [-0.25, -0.2) is 0 Å². The van der Waals surface area contributed by atoms with Gasteiger partial charge in [0.1, 0.15) is 5.41 Å². The molecule has 0 saturated carbocycles. The molecule has 3 rings (SSSR count). The van der Waals surface area contributed by atoms with E-state index in [9.17, 15) is 5.26 Å². The highest BCUT2D eigenvalue weighted by atomic mass is 16.7. The van der Waals surface area contributed by atoms with Crippen LogP contribution < -0.4 is 0 Å². The normalized spacial score (nSPS) is 28.4. The van der Waals surface area contributed by atoms with Crippen LogP contribution in [0.5, 0.6) is 0 Å². The average Bonchev–Trinajstić information content (AvgIpc) is 3.01. The van der Waals surface area contributed by atoms with Crippen molar-refractivity contribution in [3.63, 3.8) is 0 Å². The molecule has 1 aromatic heterocycles. The third-order valence-electron chi connectivity index (χ3n) is 4.04. The molecule has 0 aliphatic carbocycles. The van der Waals surface area contributed by atoms with Crippen LogP contribution in [0.1, 0.15) is 18.5 Å². The molecular weight excluding hydrogens is 254 g/mol. The van der Waals surface area contributed by atoms with Crippen LogP contribution in [0.3, 0.4) is 0 Å². The zero-order valence-corrected chi connectivity index (χ0v) is 11.5. The molecule has 1 aromatic rings. The standard InChI is InChI=1S/C15H19N3O2/c16-11-15(13-4-1-2-6-17-13)5-3-7-18(12-15)10-14-19-8-9-20-14/h1-2,4,6,14H,3,5,7-10,12H2. The van der Waals surface area contributed by atoms with E-state index in [1.54, 1.807) is 6.20 Å². The van der Waals surface area contributed by atoms with Gasteiger partial charge in [-0.1, -0.05) is 6.07 Å². The summed E-state index contributed by atoms with van der Waals surface area (Å²) in [5, 5.41) is 9.69. The van der Waals surface area contributed by atoms with Crippen molar-refractivity contribution in [2.75, 3.05) is 32.8 Å². The number of ether oxygens (including phenoxy) is 2. The van der Waals surface area contributed by atoms with Crippen molar-refractivity contribution >= 4 is 0 Å². The second-order valence-electron chi connectivity index (χ2n) is 5.42. The lowest BCUT2D eigenvalue weighted by Gasteiger charge is -2.38. The summed E-state index contributed by atoms with van der Waals surface area (Å²) in [6.45, 7) is 3.75. The molecular formula is C15H19N3O2. The van der Waals surface area contributed by atoms with Gasteiger partial charge in [0.2, 0.25) is 0 Å². The molecule has 0 aromatic carbocycles. The fraction of sp³-hybridized carbons (Fsp3) is 0.600. The number of piperidine rings is 1. The lowest BCUT2D eigenvalue weighted by atomic mass is 9.78. The second-order valence-corrected chi connectivity index (χ2v) is 5.42. The van der Waals surface area contributed by atoms with Gasteiger partial charge in [-0.15, -0.1) is 0 Å². The van der Waals surface area contributed by atoms with E-state index >= 15 is 0 Å². The Kier molecular flexibility index (Phi) is 3.97. The molecule has 2 aliphatic rings. The molecule has 2 saturated heterocycles. The van der Waals surface area contributed by atoms with E-state index in [2.05, 4.69) is 16.0 Å². The first-order valence-electron chi connectivity index (χ1n) is 7.11. The molecule has 1 atom stereocenters. The highest BCUT2D eigenvalue weighted by Crippen LogP contribution is 2.32. The third kappa shape index (κ3) is 2.68. The number of aromatic nitrogens is 1. The topological polar surface area (TPSA) is 58.4 Å². The summed E-state index contributed by atoms with van der Waals surface area (Å²) in [5.74, 6) is 0. The average molecular weight is 273 g/mol. The number of nitrogens with zero attached hydrogens (tertiary/aromatic N) is 3. The first kappa shape index (κ1) is 13.5. The van der Waals surface area contributed by atoms with Crippen molar-refractivity contribution in [2.45, 2.75) is 24.5 Å². The quantitative estimate of drug-likeness (QED) is 0.831. The summed E-state index contributed by atoms with van der Waals surface area (Å²) in [4.78, 5) is 6.66. The smallest absolute Gasteiger partial charge is 0.170 e. The van der Waals surface area contributed by atoms with Gasteiger partial charge in [0, 0.05) is 19.3 Å². The van der Waals surface area contributed by atoms with Gasteiger partial charge in [-0.2, -0.15) is 5.26 Å². The highest BCUT2D eigenvalue weighted by molar-refractivity contribution is 5.28. The van der Waals surface area contributed by atoms with Crippen LogP contribution in [-0.4, -0.2) is 49.0 Å². The molecule has 2 fully saturated rings. The van der Waals surface area contributed by atoms with Gasteiger partial charge < -0.3 is 9.47 Å². The van der Waals surface area contributed by atoms with Gasteiger partial charge in [0.05, 0.1) is 25.0 Å². The molecule has 0 amide bonds. The molecule has 20 heavy (non-hydrogen) atoms. The summed E-state index contributed by atoms with van der Waals surface area (Å²) >= 11 is 0. The summed E-state index contributed by atoms with van der Waals surface area (Å²) in [7, 11) is 0. The van der Waals surface area contributed by atoms with Crippen LogP contribution in [0.25, 0.3) is 0 Å². The zero-order valence-electron chi connectivity index (χ0n) is 11.5. The number of hydrogen-bond donors (Lipinski definition) is 0. The summed E-state index contributed by atoms with van der Waals surface area (Å²) in [6, 6.07) is 8.29. The van der Waals surface area contributed by atoms with Crippen molar-refractivity contribution in [1.29, 1.82) is 5.26 Å². The van der Waals surface area contributed by atoms with E-state index in [1.807, 2.05) is 18.2 Å². The molecule has 0 radical (unpaired) electrons. The van der Waals surface area contributed by atoms with Crippen LogP contribution >= 0.6 is 0 Å². The van der Waals surface area contributed by atoms with Crippen molar-refractivity contribution in [3.05, 3.63) is 30.1 Å².